The van der Waals surface area contributed by atoms with Crippen molar-refractivity contribution >= 4 is 83.0 Å². The van der Waals surface area contributed by atoms with Gasteiger partial charge in [-0.2, -0.15) is 0 Å². The minimum atomic E-state index is -3.29. The third kappa shape index (κ3) is 3.56. The Balaban J connectivity index is 1.38. The molecular formula is C39H25N2OP. The van der Waals surface area contributed by atoms with Gasteiger partial charge in [0.05, 0.1) is 16.6 Å². The van der Waals surface area contributed by atoms with Crippen molar-refractivity contribution in [1.82, 2.24) is 9.38 Å². The lowest BCUT2D eigenvalue weighted by Gasteiger charge is -2.21. The number of nitrogens with zero attached hydrogens (tertiary/aromatic N) is 2. The van der Waals surface area contributed by atoms with Gasteiger partial charge < -0.3 is 4.57 Å². The average Bonchev–Trinajstić information content (AvgIpc) is 3.47. The highest BCUT2D eigenvalue weighted by Crippen LogP contribution is 2.44. The third-order valence-corrected chi connectivity index (χ3v) is 11.8. The van der Waals surface area contributed by atoms with Crippen LogP contribution in [0, 0.1) is 0 Å². The van der Waals surface area contributed by atoms with Crippen LogP contribution in [0.1, 0.15) is 0 Å². The van der Waals surface area contributed by atoms with Crippen LogP contribution in [0.25, 0.3) is 59.9 Å². The summed E-state index contributed by atoms with van der Waals surface area (Å²) < 4.78 is 18.1. The van der Waals surface area contributed by atoms with Crippen LogP contribution in [0.5, 0.6) is 0 Å². The lowest BCUT2D eigenvalue weighted by molar-refractivity contribution is 0.592. The van der Waals surface area contributed by atoms with E-state index in [9.17, 15) is 0 Å². The summed E-state index contributed by atoms with van der Waals surface area (Å²) in [6.45, 7) is 0. The summed E-state index contributed by atoms with van der Waals surface area (Å²) >= 11 is 0. The van der Waals surface area contributed by atoms with E-state index in [0.717, 1.165) is 65.0 Å². The SMILES string of the molecule is O=P(c1ccc2ccccc2c1)(c1ccc2ccccc2c1)c1ccc2nc3c4ccccc4c4ccccc4n3c2c1. The quantitative estimate of drug-likeness (QED) is 0.158. The molecule has 0 amide bonds. The molecule has 202 valence electrons. The first kappa shape index (κ1) is 24.4. The Hall–Kier alpha value is -5.24. The number of para-hydroxylation sites is 1. The van der Waals surface area contributed by atoms with Crippen molar-refractivity contribution in [3.63, 3.8) is 0 Å². The molecule has 0 bridgehead atoms. The zero-order chi connectivity index (χ0) is 28.5. The maximum atomic E-state index is 15.9. The van der Waals surface area contributed by atoms with Crippen LogP contribution in [-0.4, -0.2) is 9.38 Å². The van der Waals surface area contributed by atoms with E-state index in [0.29, 0.717) is 0 Å². The van der Waals surface area contributed by atoms with Gasteiger partial charge in [-0.25, -0.2) is 4.98 Å². The van der Waals surface area contributed by atoms with E-state index in [4.69, 9.17) is 4.98 Å². The minimum Gasteiger partial charge on any atom is -0.309 e. The maximum absolute atomic E-state index is 15.9. The summed E-state index contributed by atoms with van der Waals surface area (Å²) in [6.07, 6.45) is 0. The van der Waals surface area contributed by atoms with Gasteiger partial charge in [0.25, 0.3) is 0 Å². The summed E-state index contributed by atoms with van der Waals surface area (Å²) in [7, 11) is -3.29. The van der Waals surface area contributed by atoms with Gasteiger partial charge in [0.15, 0.2) is 7.14 Å². The maximum Gasteiger partial charge on any atom is 0.171 e. The fourth-order valence-electron chi connectivity index (χ4n) is 6.69. The van der Waals surface area contributed by atoms with Crippen LogP contribution in [0.15, 0.2) is 152 Å². The molecule has 0 atom stereocenters. The summed E-state index contributed by atoms with van der Waals surface area (Å²) in [4.78, 5) is 5.12. The van der Waals surface area contributed by atoms with Crippen molar-refractivity contribution in [2.24, 2.45) is 0 Å². The minimum absolute atomic E-state index is 0.796. The Kier molecular flexibility index (Phi) is 5.17. The molecule has 0 fully saturated rings. The summed E-state index contributed by atoms with van der Waals surface area (Å²) in [5.74, 6) is 0. The third-order valence-electron chi connectivity index (χ3n) is 8.80. The summed E-state index contributed by atoms with van der Waals surface area (Å²) in [5.41, 5.74) is 3.83. The number of imidazole rings is 1. The number of aromatic nitrogens is 2. The molecule has 0 aliphatic carbocycles. The molecule has 0 saturated heterocycles. The number of hydrogen-bond donors (Lipinski definition) is 0. The molecule has 0 spiro atoms. The van der Waals surface area contributed by atoms with E-state index >= 15 is 4.57 Å². The molecule has 0 unspecified atom stereocenters. The van der Waals surface area contributed by atoms with Gasteiger partial charge in [-0.05, 0) is 63.3 Å². The van der Waals surface area contributed by atoms with Crippen molar-refractivity contribution in [2.75, 3.05) is 0 Å². The fraction of sp³-hybridized carbons (Fsp3) is 0. The van der Waals surface area contributed by atoms with Crippen LogP contribution in [0.4, 0.5) is 0 Å². The molecule has 0 saturated carbocycles. The second-order valence-corrected chi connectivity index (χ2v) is 13.9. The zero-order valence-electron chi connectivity index (χ0n) is 23.2. The van der Waals surface area contributed by atoms with Gasteiger partial charge >= 0.3 is 0 Å². The molecule has 4 heteroatoms. The van der Waals surface area contributed by atoms with Gasteiger partial charge in [0.2, 0.25) is 0 Å². The van der Waals surface area contributed by atoms with E-state index in [-0.39, 0.29) is 0 Å². The van der Waals surface area contributed by atoms with Gasteiger partial charge in [-0.1, -0.05) is 115 Å². The van der Waals surface area contributed by atoms with Gasteiger partial charge in [0.1, 0.15) is 5.65 Å². The first-order valence-corrected chi connectivity index (χ1v) is 16.2. The smallest absolute Gasteiger partial charge is 0.171 e. The standard InChI is InChI=1S/C39H25N2OP/c42-43(30-19-17-26-9-1-3-11-28(26)23-30,31-20-18-27-10-2-4-12-29(27)24-31)32-21-22-36-38(25-32)41-37-16-8-7-14-34(37)33-13-5-6-15-35(33)39(41)40-36/h1-25H. The number of benzene rings is 7. The molecule has 2 heterocycles. The Morgan fingerprint density at radius 1 is 0.442 bits per heavy atom. The van der Waals surface area contributed by atoms with Crippen LogP contribution < -0.4 is 15.9 Å². The van der Waals surface area contributed by atoms with E-state index in [2.05, 4.69) is 108 Å². The van der Waals surface area contributed by atoms with Gasteiger partial charge in [-0.15, -0.1) is 0 Å². The molecule has 43 heavy (non-hydrogen) atoms. The Labute approximate surface area is 248 Å². The molecule has 7 aromatic carbocycles. The molecule has 0 N–H and O–H groups in total. The Bertz CT molecular complexity index is 2530. The van der Waals surface area contributed by atoms with Crippen molar-refractivity contribution in [2.45, 2.75) is 0 Å². The molecule has 9 aromatic rings. The fourth-order valence-corrected chi connectivity index (χ4v) is 9.38. The number of fused-ring (bicyclic) bond motifs is 10. The largest absolute Gasteiger partial charge is 0.309 e. The van der Waals surface area contributed by atoms with E-state index < -0.39 is 7.14 Å². The second-order valence-electron chi connectivity index (χ2n) is 11.2. The van der Waals surface area contributed by atoms with E-state index in [1.165, 1.54) is 10.8 Å². The molecule has 2 aromatic heterocycles. The monoisotopic (exact) mass is 568 g/mol. The first-order chi connectivity index (χ1) is 21.2. The van der Waals surface area contributed by atoms with E-state index in [1.54, 1.807) is 0 Å². The summed E-state index contributed by atoms with van der Waals surface area (Å²) in [6, 6.07) is 52.1. The van der Waals surface area contributed by atoms with Gasteiger partial charge in [0, 0.05) is 26.7 Å². The lowest BCUT2D eigenvalue weighted by Crippen LogP contribution is -2.25. The molecule has 0 aliphatic heterocycles. The highest BCUT2D eigenvalue weighted by atomic mass is 31.2. The van der Waals surface area contributed by atoms with Crippen LogP contribution in [-0.2, 0) is 4.57 Å². The number of hydrogen-bond acceptors (Lipinski definition) is 2. The molecule has 3 nitrogen and oxygen atoms in total. The second kappa shape index (κ2) is 9.13. The van der Waals surface area contributed by atoms with E-state index in [1.807, 2.05) is 48.5 Å². The molecular weight excluding hydrogens is 543 g/mol. The zero-order valence-corrected chi connectivity index (χ0v) is 24.1. The van der Waals surface area contributed by atoms with Crippen molar-refractivity contribution < 1.29 is 4.57 Å². The number of rotatable bonds is 3. The van der Waals surface area contributed by atoms with Crippen molar-refractivity contribution in [3.05, 3.63) is 152 Å². The highest BCUT2D eigenvalue weighted by molar-refractivity contribution is 7.85. The van der Waals surface area contributed by atoms with Crippen molar-refractivity contribution in [3.8, 4) is 0 Å². The van der Waals surface area contributed by atoms with Crippen molar-refractivity contribution in [1.29, 1.82) is 0 Å². The Morgan fingerprint density at radius 3 is 1.63 bits per heavy atom. The number of pyridine rings is 1. The highest BCUT2D eigenvalue weighted by Gasteiger charge is 2.31. The molecule has 0 aliphatic rings. The van der Waals surface area contributed by atoms with Crippen LogP contribution in [0.2, 0.25) is 0 Å². The average molecular weight is 569 g/mol. The molecule has 9 rings (SSSR count). The lowest BCUT2D eigenvalue weighted by atomic mass is 10.1. The summed E-state index contributed by atoms with van der Waals surface area (Å²) in [5, 5.41) is 10.3. The predicted octanol–water partition coefficient (Wildman–Crippen LogP) is 8.74. The normalized spacial score (nSPS) is 12.3. The predicted molar refractivity (Wildman–Crippen MR) is 182 cm³/mol. The topological polar surface area (TPSA) is 34.4 Å². The Morgan fingerprint density at radius 2 is 0.953 bits per heavy atom. The van der Waals surface area contributed by atoms with Gasteiger partial charge in [-0.3, -0.25) is 4.40 Å². The van der Waals surface area contributed by atoms with Crippen LogP contribution >= 0.6 is 7.14 Å². The first-order valence-electron chi connectivity index (χ1n) is 14.5. The molecule has 0 radical (unpaired) electrons. The van der Waals surface area contributed by atoms with Crippen LogP contribution in [0.3, 0.4) is 0 Å².